The van der Waals surface area contributed by atoms with E-state index >= 15 is 0 Å². The van der Waals surface area contributed by atoms with Crippen LogP contribution in [0.3, 0.4) is 0 Å². The molecule has 0 aliphatic heterocycles. The van der Waals surface area contributed by atoms with Crippen LogP contribution in [0.1, 0.15) is 27.5 Å². The summed E-state index contributed by atoms with van der Waals surface area (Å²) < 4.78 is 0.816. The van der Waals surface area contributed by atoms with Crippen LogP contribution in [0.2, 0.25) is 0 Å². The number of nitrogens with one attached hydrogen (secondary N) is 1. The van der Waals surface area contributed by atoms with Crippen molar-refractivity contribution in [1.29, 1.82) is 0 Å². The molecule has 0 aliphatic carbocycles. The Balaban J connectivity index is 2.27. The second-order valence-corrected chi connectivity index (χ2v) is 5.59. The van der Waals surface area contributed by atoms with Crippen LogP contribution in [0.5, 0.6) is 0 Å². The second-order valence-electron chi connectivity index (χ2n) is 4.68. The average Bonchev–Trinajstić information content (AvgIpc) is 2.44. The summed E-state index contributed by atoms with van der Waals surface area (Å²) in [6.07, 6.45) is 0. The molecule has 0 spiro atoms. The standard InChI is InChI=1S/C16H15BrN2O2/c1-10-5-2-3-8-13(10)16(21)19-14(15(18)20)11-6-4-7-12(17)9-11/h2-9,14H,1H3,(H2,18,20)(H,19,21)/t14-/m1/s1. The molecule has 0 fully saturated rings. The van der Waals surface area contributed by atoms with Crippen LogP contribution < -0.4 is 11.1 Å². The van der Waals surface area contributed by atoms with Crippen molar-refractivity contribution in [2.24, 2.45) is 5.73 Å². The number of carbonyl (C=O) groups excluding carboxylic acids is 2. The van der Waals surface area contributed by atoms with E-state index in [0.717, 1.165) is 10.0 Å². The Morgan fingerprint density at radius 1 is 1.14 bits per heavy atom. The fourth-order valence-electron chi connectivity index (χ4n) is 2.04. The van der Waals surface area contributed by atoms with Crippen LogP contribution in [0, 0.1) is 6.92 Å². The minimum atomic E-state index is -0.866. The van der Waals surface area contributed by atoms with Crippen molar-refractivity contribution in [2.45, 2.75) is 13.0 Å². The zero-order valence-electron chi connectivity index (χ0n) is 11.5. The predicted molar refractivity (Wildman–Crippen MR) is 84.7 cm³/mol. The molecule has 2 aromatic rings. The average molecular weight is 347 g/mol. The topological polar surface area (TPSA) is 72.2 Å². The van der Waals surface area contributed by atoms with Crippen molar-refractivity contribution in [1.82, 2.24) is 5.32 Å². The van der Waals surface area contributed by atoms with Gasteiger partial charge in [-0.3, -0.25) is 9.59 Å². The molecule has 0 unspecified atom stereocenters. The van der Waals surface area contributed by atoms with Crippen LogP contribution in [-0.4, -0.2) is 11.8 Å². The highest BCUT2D eigenvalue weighted by atomic mass is 79.9. The molecule has 2 aromatic carbocycles. The highest BCUT2D eigenvalue weighted by Gasteiger charge is 2.21. The molecule has 1 atom stereocenters. The highest BCUT2D eigenvalue weighted by Crippen LogP contribution is 2.19. The third-order valence-electron chi connectivity index (χ3n) is 3.13. The van der Waals surface area contributed by atoms with Gasteiger partial charge in [-0.1, -0.05) is 46.3 Å². The number of primary amides is 1. The maximum absolute atomic E-state index is 12.3. The van der Waals surface area contributed by atoms with Crippen LogP contribution >= 0.6 is 15.9 Å². The summed E-state index contributed by atoms with van der Waals surface area (Å²) in [5.74, 6) is -0.924. The molecule has 2 rings (SSSR count). The number of nitrogens with two attached hydrogens (primary N) is 1. The zero-order valence-corrected chi connectivity index (χ0v) is 13.1. The van der Waals surface area contributed by atoms with Gasteiger partial charge in [0.15, 0.2) is 0 Å². The maximum Gasteiger partial charge on any atom is 0.252 e. The first-order chi connectivity index (χ1) is 9.99. The number of rotatable bonds is 4. The van der Waals surface area contributed by atoms with Gasteiger partial charge in [0.2, 0.25) is 5.91 Å². The molecule has 0 aromatic heterocycles. The van der Waals surface area contributed by atoms with Crippen molar-refractivity contribution in [2.75, 3.05) is 0 Å². The minimum absolute atomic E-state index is 0.322. The summed E-state index contributed by atoms with van der Waals surface area (Å²) in [7, 11) is 0. The summed E-state index contributed by atoms with van der Waals surface area (Å²) in [5.41, 5.74) is 7.42. The number of amides is 2. The Labute approximate surface area is 131 Å². The lowest BCUT2D eigenvalue weighted by Crippen LogP contribution is -2.37. The van der Waals surface area contributed by atoms with Gasteiger partial charge in [-0.05, 0) is 36.2 Å². The van der Waals surface area contributed by atoms with Gasteiger partial charge in [0.05, 0.1) is 0 Å². The second kappa shape index (κ2) is 6.54. The molecule has 0 saturated heterocycles. The van der Waals surface area contributed by atoms with E-state index in [1.807, 2.05) is 25.1 Å². The molecule has 3 N–H and O–H groups in total. The van der Waals surface area contributed by atoms with E-state index in [9.17, 15) is 9.59 Å². The summed E-state index contributed by atoms with van der Waals surface area (Å²) in [6.45, 7) is 1.84. The van der Waals surface area contributed by atoms with Crippen LogP contribution in [0.15, 0.2) is 53.0 Å². The normalized spacial score (nSPS) is 11.7. The van der Waals surface area contributed by atoms with Crippen molar-refractivity contribution >= 4 is 27.7 Å². The number of aryl methyl sites for hydroxylation is 1. The Bertz CT molecular complexity index is 685. The molecule has 0 bridgehead atoms. The van der Waals surface area contributed by atoms with E-state index < -0.39 is 11.9 Å². The van der Waals surface area contributed by atoms with Gasteiger partial charge in [-0.25, -0.2) is 0 Å². The third-order valence-corrected chi connectivity index (χ3v) is 3.62. The number of carbonyl (C=O) groups is 2. The molecule has 2 amide bonds. The van der Waals surface area contributed by atoms with Crippen molar-refractivity contribution in [3.05, 3.63) is 69.7 Å². The van der Waals surface area contributed by atoms with Crippen LogP contribution in [0.25, 0.3) is 0 Å². The number of benzene rings is 2. The Kier molecular flexibility index (Phi) is 4.75. The molecule has 108 valence electrons. The molecule has 5 heteroatoms. The maximum atomic E-state index is 12.3. The quantitative estimate of drug-likeness (QED) is 0.893. The molecule has 21 heavy (non-hydrogen) atoms. The Morgan fingerprint density at radius 2 is 1.86 bits per heavy atom. The Morgan fingerprint density at radius 3 is 2.48 bits per heavy atom. The monoisotopic (exact) mass is 346 g/mol. The summed E-state index contributed by atoms with van der Waals surface area (Å²) in [6, 6.07) is 13.4. The van der Waals surface area contributed by atoms with E-state index in [0.29, 0.717) is 11.1 Å². The molecule has 0 heterocycles. The lowest BCUT2D eigenvalue weighted by atomic mass is 10.0. The van der Waals surface area contributed by atoms with Crippen molar-refractivity contribution in [3.63, 3.8) is 0 Å². The van der Waals surface area contributed by atoms with E-state index in [4.69, 9.17) is 5.73 Å². The van der Waals surface area contributed by atoms with Crippen molar-refractivity contribution < 1.29 is 9.59 Å². The fourth-order valence-corrected chi connectivity index (χ4v) is 2.46. The van der Waals surface area contributed by atoms with Gasteiger partial charge in [-0.15, -0.1) is 0 Å². The highest BCUT2D eigenvalue weighted by molar-refractivity contribution is 9.10. The first-order valence-electron chi connectivity index (χ1n) is 6.40. The van der Waals surface area contributed by atoms with Gasteiger partial charge in [-0.2, -0.15) is 0 Å². The predicted octanol–water partition coefficient (Wildman–Crippen LogP) is 2.71. The number of hydrogen-bond acceptors (Lipinski definition) is 2. The molecular weight excluding hydrogens is 332 g/mol. The Hall–Kier alpha value is -2.14. The summed E-state index contributed by atoms with van der Waals surface area (Å²) in [4.78, 5) is 24.0. The first kappa shape index (κ1) is 15.3. The van der Waals surface area contributed by atoms with Gasteiger partial charge >= 0.3 is 0 Å². The third kappa shape index (κ3) is 3.70. The SMILES string of the molecule is Cc1ccccc1C(=O)N[C@@H](C(N)=O)c1cccc(Br)c1. The molecule has 4 nitrogen and oxygen atoms in total. The minimum Gasteiger partial charge on any atom is -0.368 e. The fraction of sp³-hybridized carbons (Fsp3) is 0.125. The smallest absolute Gasteiger partial charge is 0.252 e. The van der Waals surface area contributed by atoms with Crippen LogP contribution in [-0.2, 0) is 4.79 Å². The first-order valence-corrected chi connectivity index (χ1v) is 7.19. The molecule has 0 aliphatic rings. The van der Waals surface area contributed by atoms with Gasteiger partial charge in [0.1, 0.15) is 6.04 Å². The number of halogens is 1. The van der Waals surface area contributed by atoms with Gasteiger partial charge in [0, 0.05) is 10.0 Å². The van der Waals surface area contributed by atoms with E-state index in [2.05, 4.69) is 21.2 Å². The van der Waals surface area contributed by atoms with E-state index in [-0.39, 0.29) is 5.91 Å². The van der Waals surface area contributed by atoms with Gasteiger partial charge < -0.3 is 11.1 Å². The van der Waals surface area contributed by atoms with Gasteiger partial charge in [0.25, 0.3) is 5.91 Å². The lowest BCUT2D eigenvalue weighted by molar-refractivity contribution is -0.120. The lowest BCUT2D eigenvalue weighted by Gasteiger charge is -2.17. The zero-order chi connectivity index (χ0) is 15.4. The largest absolute Gasteiger partial charge is 0.368 e. The summed E-state index contributed by atoms with van der Waals surface area (Å²) >= 11 is 3.34. The van der Waals surface area contributed by atoms with Crippen molar-refractivity contribution in [3.8, 4) is 0 Å². The van der Waals surface area contributed by atoms with E-state index in [1.165, 1.54) is 0 Å². The van der Waals surface area contributed by atoms with Crippen LogP contribution in [0.4, 0.5) is 0 Å². The molecular formula is C16H15BrN2O2. The molecule has 0 radical (unpaired) electrons. The number of hydrogen-bond donors (Lipinski definition) is 2. The van der Waals surface area contributed by atoms with E-state index in [1.54, 1.807) is 30.3 Å². The summed E-state index contributed by atoms with van der Waals surface area (Å²) in [5, 5.41) is 2.68. The molecule has 0 saturated carbocycles.